The minimum absolute atomic E-state index is 0.744. The molecular weight excluding hydrogens is 270 g/mol. The van der Waals surface area contributed by atoms with Crippen molar-refractivity contribution in [2.75, 3.05) is 12.8 Å². The van der Waals surface area contributed by atoms with Gasteiger partial charge in [0.25, 0.3) is 0 Å². The van der Waals surface area contributed by atoms with Gasteiger partial charge >= 0.3 is 0 Å². The van der Waals surface area contributed by atoms with E-state index in [1.54, 1.807) is 18.9 Å². The van der Waals surface area contributed by atoms with Crippen molar-refractivity contribution in [2.45, 2.75) is 10.6 Å². The van der Waals surface area contributed by atoms with E-state index in [9.17, 15) is 0 Å². The van der Waals surface area contributed by atoms with Gasteiger partial charge in [-0.15, -0.1) is 11.8 Å². The lowest BCUT2D eigenvalue weighted by Gasteiger charge is -2.02. The van der Waals surface area contributed by atoms with Crippen molar-refractivity contribution in [1.29, 1.82) is 0 Å². The maximum Gasteiger partial charge on any atom is 0.119 e. The van der Waals surface area contributed by atoms with Gasteiger partial charge in [-0.1, -0.05) is 6.07 Å². The highest BCUT2D eigenvalue weighted by atomic mass is 32.2. The van der Waals surface area contributed by atoms with E-state index in [1.807, 2.05) is 36.4 Å². The number of ether oxygens (including phenoxy) is 1. The van der Waals surface area contributed by atoms with E-state index >= 15 is 0 Å². The van der Waals surface area contributed by atoms with Crippen LogP contribution in [0, 0.1) is 0 Å². The molecule has 0 saturated carbocycles. The highest BCUT2D eigenvalue weighted by Crippen LogP contribution is 2.26. The van der Waals surface area contributed by atoms with Crippen molar-refractivity contribution in [3.63, 3.8) is 0 Å². The fourth-order valence-electron chi connectivity index (χ4n) is 1.99. The molecule has 20 heavy (non-hydrogen) atoms. The number of nitrogens with two attached hydrogens (primary N) is 1. The van der Waals surface area contributed by atoms with Crippen molar-refractivity contribution in [1.82, 2.24) is 9.97 Å². The Morgan fingerprint density at radius 2 is 2.15 bits per heavy atom. The molecule has 3 rings (SSSR count). The normalized spacial score (nSPS) is 10.8. The van der Waals surface area contributed by atoms with Crippen LogP contribution in [-0.2, 0) is 5.75 Å². The largest absolute Gasteiger partial charge is 0.497 e. The van der Waals surface area contributed by atoms with Crippen LogP contribution in [0.3, 0.4) is 0 Å². The average molecular weight is 285 g/mol. The van der Waals surface area contributed by atoms with E-state index in [2.05, 4.69) is 16.0 Å². The van der Waals surface area contributed by atoms with E-state index in [1.165, 1.54) is 0 Å². The first kappa shape index (κ1) is 12.9. The lowest BCUT2D eigenvalue weighted by Crippen LogP contribution is -1.85. The summed E-state index contributed by atoms with van der Waals surface area (Å²) in [5, 5.41) is 0. The summed E-state index contributed by atoms with van der Waals surface area (Å²) in [5.41, 5.74) is 8.43. The molecule has 0 fully saturated rings. The second kappa shape index (κ2) is 5.46. The van der Waals surface area contributed by atoms with Crippen LogP contribution >= 0.6 is 11.8 Å². The number of rotatable bonds is 4. The molecule has 0 amide bonds. The Morgan fingerprint density at radius 3 is 3.00 bits per heavy atom. The van der Waals surface area contributed by atoms with Crippen LogP contribution in [0.2, 0.25) is 0 Å². The van der Waals surface area contributed by atoms with Gasteiger partial charge in [-0.3, -0.25) is 0 Å². The summed E-state index contributed by atoms with van der Waals surface area (Å²) in [6, 6.07) is 13.7. The van der Waals surface area contributed by atoms with Crippen molar-refractivity contribution in [2.24, 2.45) is 0 Å². The second-order valence-electron chi connectivity index (χ2n) is 4.43. The van der Waals surface area contributed by atoms with E-state index in [0.717, 1.165) is 38.9 Å². The van der Waals surface area contributed by atoms with Crippen LogP contribution in [0.1, 0.15) is 5.82 Å². The summed E-state index contributed by atoms with van der Waals surface area (Å²) in [6.07, 6.45) is 0. The number of benzene rings is 2. The quantitative estimate of drug-likeness (QED) is 0.569. The standard InChI is InChI=1S/C15H15N3OS/c1-19-11-3-2-4-12(8-11)20-9-15-17-13-6-5-10(16)7-14(13)18-15/h2-8H,9,16H2,1H3,(H,17,18). The first-order chi connectivity index (χ1) is 9.74. The number of nitrogens with zero attached hydrogens (tertiary/aromatic N) is 1. The third kappa shape index (κ3) is 2.72. The van der Waals surface area contributed by atoms with Crippen molar-refractivity contribution < 1.29 is 4.74 Å². The highest BCUT2D eigenvalue weighted by Gasteiger charge is 2.04. The van der Waals surface area contributed by atoms with Crippen LogP contribution < -0.4 is 10.5 Å². The van der Waals surface area contributed by atoms with Gasteiger partial charge in [0, 0.05) is 10.6 Å². The van der Waals surface area contributed by atoms with Gasteiger partial charge in [-0.25, -0.2) is 4.98 Å². The molecule has 3 N–H and O–H groups in total. The van der Waals surface area contributed by atoms with Gasteiger partial charge in [0.1, 0.15) is 11.6 Å². The molecule has 5 heteroatoms. The van der Waals surface area contributed by atoms with Crippen LogP contribution in [0.5, 0.6) is 5.75 Å². The number of hydrogen-bond acceptors (Lipinski definition) is 4. The Labute approximate surface area is 121 Å². The van der Waals surface area contributed by atoms with E-state index in [-0.39, 0.29) is 0 Å². The predicted octanol–water partition coefficient (Wildman–Crippen LogP) is 3.45. The molecule has 0 atom stereocenters. The Hall–Kier alpha value is -2.14. The molecule has 0 unspecified atom stereocenters. The highest BCUT2D eigenvalue weighted by molar-refractivity contribution is 7.98. The summed E-state index contributed by atoms with van der Waals surface area (Å²) in [4.78, 5) is 9.00. The van der Waals surface area contributed by atoms with E-state index in [4.69, 9.17) is 10.5 Å². The summed E-state index contributed by atoms with van der Waals surface area (Å²) >= 11 is 1.72. The molecule has 0 spiro atoms. The zero-order valence-corrected chi connectivity index (χ0v) is 11.9. The molecule has 3 aromatic rings. The SMILES string of the molecule is COc1cccc(SCc2nc3ccc(N)cc3[nH]2)c1. The lowest BCUT2D eigenvalue weighted by molar-refractivity contribution is 0.413. The number of H-pyrrole nitrogens is 1. The number of hydrogen-bond donors (Lipinski definition) is 2. The predicted molar refractivity (Wildman–Crippen MR) is 83.1 cm³/mol. The van der Waals surface area contributed by atoms with Crippen LogP contribution in [0.15, 0.2) is 47.4 Å². The molecule has 1 aromatic heterocycles. The third-order valence-electron chi connectivity index (χ3n) is 2.97. The third-order valence-corrected chi connectivity index (χ3v) is 3.98. The minimum Gasteiger partial charge on any atom is -0.497 e. The molecule has 4 nitrogen and oxygen atoms in total. The number of nitrogens with one attached hydrogen (secondary N) is 1. The summed E-state index contributed by atoms with van der Waals surface area (Å²) in [6.45, 7) is 0. The Bertz CT molecular complexity index is 739. The Kier molecular flexibility index (Phi) is 3.52. The summed E-state index contributed by atoms with van der Waals surface area (Å²) in [7, 11) is 1.67. The molecule has 0 bridgehead atoms. The number of fused-ring (bicyclic) bond motifs is 1. The summed E-state index contributed by atoms with van der Waals surface area (Å²) < 4.78 is 5.22. The first-order valence-corrected chi connectivity index (χ1v) is 7.24. The van der Waals surface area contributed by atoms with Crippen LogP contribution in [0.25, 0.3) is 11.0 Å². The maximum absolute atomic E-state index is 5.76. The number of nitrogen functional groups attached to an aromatic ring is 1. The second-order valence-corrected chi connectivity index (χ2v) is 5.48. The van der Waals surface area contributed by atoms with Gasteiger partial charge < -0.3 is 15.5 Å². The summed E-state index contributed by atoms with van der Waals surface area (Å²) in [5.74, 6) is 2.59. The molecule has 2 aromatic carbocycles. The molecule has 0 aliphatic heterocycles. The lowest BCUT2D eigenvalue weighted by atomic mass is 10.3. The monoisotopic (exact) mass is 285 g/mol. The van der Waals surface area contributed by atoms with Gasteiger partial charge in [0.05, 0.1) is 23.9 Å². The number of methoxy groups -OCH3 is 1. The van der Waals surface area contributed by atoms with E-state index in [0.29, 0.717) is 0 Å². The van der Waals surface area contributed by atoms with Gasteiger partial charge in [0.15, 0.2) is 0 Å². The van der Waals surface area contributed by atoms with Gasteiger partial charge in [-0.2, -0.15) is 0 Å². The number of aromatic nitrogens is 2. The van der Waals surface area contributed by atoms with Crippen LogP contribution in [0.4, 0.5) is 5.69 Å². The average Bonchev–Trinajstić information content (AvgIpc) is 2.87. The van der Waals surface area contributed by atoms with Crippen molar-refractivity contribution in [3.8, 4) is 5.75 Å². The van der Waals surface area contributed by atoms with Crippen LogP contribution in [-0.4, -0.2) is 17.1 Å². The van der Waals surface area contributed by atoms with Gasteiger partial charge in [-0.05, 0) is 36.4 Å². The molecule has 0 aliphatic rings. The molecule has 0 radical (unpaired) electrons. The molecule has 102 valence electrons. The molecule has 0 saturated heterocycles. The van der Waals surface area contributed by atoms with E-state index < -0.39 is 0 Å². The fourth-order valence-corrected chi connectivity index (χ4v) is 2.81. The van der Waals surface area contributed by atoms with Gasteiger partial charge in [0.2, 0.25) is 0 Å². The molecule has 1 heterocycles. The smallest absolute Gasteiger partial charge is 0.119 e. The Balaban J connectivity index is 1.76. The molecular formula is C15H15N3OS. The number of anilines is 1. The topological polar surface area (TPSA) is 63.9 Å². The number of thioether (sulfide) groups is 1. The zero-order valence-electron chi connectivity index (χ0n) is 11.1. The molecule has 0 aliphatic carbocycles. The fraction of sp³-hybridized carbons (Fsp3) is 0.133. The van der Waals surface area contributed by atoms with Crippen molar-refractivity contribution in [3.05, 3.63) is 48.3 Å². The number of aromatic amines is 1. The van der Waals surface area contributed by atoms with Crippen molar-refractivity contribution >= 4 is 28.5 Å². The number of imidazole rings is 1. The first-order valence-electron chi connectivity index (χ1n) is 6.25. The maximum atomic E-state index is 5.76. The zero-order chi connectivity index (χ0) is 13.9. The minimum atomic E-state index is 0.744. The Morgan fingerprint density at radius 1 is 1.25 bits per heavy atom.